The molecule has 0 bridgehead atoms. The number of halogens is 1. The van der Waals surface area contributed by atoms with Gasteiger partial charge in [-0.2, -0.15) is 0 Å². The highest BCUT2D eigenvalue weighted by Gasteiger charge is 2.42. The summed E-state index contributed by atoms with van der Waals surface area (Å²) >= 11 is 7.24. The van der Waals surface area contributed by atoms with Crippen LogP contribution in [0.2, 0.25) is 5.02 Å². The zero-order chi connectivity index (χ0) is 45.4. The molecule has 0 N–H and O–H groups in total. The molecule has 1 aliphatic carbocycles. The number of fused-ring (bicyclic) bond motifs is 4. The summed E-state index contributed by atoms with van der Waals surface area (Å²) in [6.07, 6.45) is 3.64. The highest BCUT2D eigenvalue weighted by Crippen LogP contribution is 2.56. The summed E-state index contributed by atoms with van der Waals surface area (Å²) in [7, 11) is 0. The fourth-order valence-electron chi connectivity index (χ4n) is 9.82. The van der Waals surface area contributed by atoms with Gasteiger partial charge in [0.15, 0.2) is 23.2 Å². The number of carbonyl (C=O) groups excluding carboxylic acids is 2. The van der Waals surface area contributed by atoms with Crippen molar-refractivity contribution in [2.75, 3.05) is 9.80 Å². The molecular formula is C58H49ClN4O2. The van der Waals surface area contributed by atoms with Gasteiger partial charge in [-0.05, 0) is 121 Å². The number of aromatic nitrogens is 2. The lowest BCUT2D eigenvalue weighted by atomic mass is 9.91. The summed E-state index contributed by atoms with van der Waals surface area (Å²) in [6, 6.07) is 43.2. The molecule has 1 aliphatic heterocycles. The first-order valence-corrected chi connectivity index (χ1v) is 22.7. The number of rotatable bonds is 7. The number of benzene rings is 7. The van der Waals surface area contributed by atoms with Gasteiger partial charge in [-0.25, -0.2) is 9.97 Å². The molecule has 8 aromatic rings. The fraction of sp³-hybridized carbons (Fsp3) is 0.172. The lowest BCUT2D eigenvalue weighted by Gasteiger charge is -2.32. The van der Waals surface area contributed by atoms with E-state index in [1.165, 1.54) is 0 Å². The van der Waals surface area contributed by atoms with Crippen LogP contribution in [0.5, 0.6) is 0 Å². The van der Waals surface area contributed by atoms with Crippen LogP contribution >= 0.6 is 11.6 Å². The minimum atomic E-state index is -0.299. The number of para-hydroxylation sites is 3. The first-order valence-electron chi connectivity index (χ1n) is 22.3. The number of carbonyl (C=O) groups is 2. The van der Waals surface area contributed by atoms with E-state index in [0.717, 1.165) is 88.8 Å². The molecule has 1 aromatic heterocycles. The summed E-state index contributed by atoms with van der Waals surface area (Å²) < 4.78 is 0. The summed E-state index contributed by atoms with van der Waals surface area (Å²) in [5.74, 6) is 1.57. The van der Waals surface area contributed by atoms with Crippen molar-refractivity contribution >= 4 is 68.0 Å². The van der Waals surface area contributed by atoms with Gasteiger partial charge >= 0.3 is 0 Å². The molecule has 10 rings (SSSR count). The zero-order valence-electron chi connectivity index (χ0n) is 37.9. The molecule has 0 saturated heterocycles. The number of ketones is 2. The minimum Gasteiger partial charge on any atom is -0.288 e. The molecule has 0 fully saturated rings. The van der Waals surface area contributed by atoms with E-state index in [1.807, 2.05) is 78.9 Å². The Bertz CT molecular complexity index is 3200. The van der Waals surface area contributed by atoms with Crippen LogP contribution in [0.25, 0.3) is 44.1 Å². The van der Waals surface area contributed by atoms with Gasteiger partial charge in [0, 0.05) is 27.3 Å². The summed E-state index contributed by atoms with van der Waals surface area (Å²) in [5, 5.41) is 2.41. The molecule has 0 saturated carbocycles. The third-order valence-corrected chi connectivity index (χ3v) is 12.8. The Morgan fingerprint density at radius 2 is 0.923 bits per heavy atom. The van der Waals surface area contributed by atoms with Crippen LogP contribution in [0, 0.1) is 27.7 Å². The fourth-order valence-corrected chi connectivity index (χ4v) is 10.0. The predicted molar refractivity (Wildman–Crippen MR) is 268 cm³/mol. The number of nitrogens with zero attached hydrogens (tertiary/aromatic N) is 4. The average molecular weight is 870 g/mol. The molecule has 2 heterocycles. The van der Waals surface area contributed by atoms with Crippen LogP contribution in [0.1, 0.15) is 93.6 Å². The van der Waals surface area contributed by atoms with E-state index in [2.05, 4.69) is 120 Å². The lowest BCUT2D eigenvalue weighted by molar-refractivity contribution is 0.0988. The number of aryl methyl sites for hydroxylation is 4. The van der Waals surface area contributed by atoms with E-state index in [4.69, 9.17) is 21.6 Å². The number of hydrogen-bond donors (Lipinski definition) is 0. The predicted octanol–water partition coefficient (Wildman–Crippen LogP) is 15.4. The highest BCUT2D eigenvalue weighted by molar-refractivity contribution is 6.40. The van der Waals surface area contributed by atoms with E-state index in [0.29, 0.717) is 33.6 Å². The first-order chi connectivity index (χ1) is 31.2. The molecular weight excluding hydrogens is 820 g/mol. The molecule has 7 heteroatoms. The normalized spacial score (nSPS) is 14.2. The molecule has 0 spiro atoms. The van der Waals surface area contributed by atoms with E-state index < -0.39 is 0 Å². The third kappa shape index (κ3) is 7.23. The van der Waals surface area contributed by atoms with Crippen LogP contribution in [0.4, 0.5) is 23.0 Å². The Balaban J connectivity index is 1.35. The van der Waals surface area contributed by atoms with Gasteiger partial charge in [0.25, 0.3) is 0 Å². The van der Waals surface area contributed by atoms with Crippen molar-refractivity contribution in [1.82, 2.24) is 9.97 Å². The van der Waals surface area contributed by atoms with Crippen LogP contribution in [0.3, 0.4) is 0 Å². The lowest BCUT2D eigenvalue weighted by Crippen LogP contribution is -2.25. The number of allylic oxidation sites excluding steroid dienone is 3. The molecule has 65 heavy (non-hydrogen) atoms. The maximum Gasteiger partial charge on any atom is 0.197 e. The number of anilines is 4. The summed E-state index contributed by atoms with van der Waals surface area (Å²) in [6.45, 7) is 17.3. The standard InChI is InChI=1S/C58H49ClN4O2/c1-32(2)43-16-13-17-44(33(3)4)53(43)62-52(21-20-45-55(64)48-28-38-14-9-10-15-39(38)29-49(48)56(45)65)63(58-57(62)60-50-18-11-12-19-51(50)61-58)54-46(40-24-34(5)22-35(6)25-40)30-42(59)31-47(54)41-26-36(7)23-37(8)27-41/h9-33H,1-8H3/b52-21+. The maximum absolute atomic E-state index is 14.5. The Kier molecular flexibility index (Phi) is 10.4. The summed E-state index contributed by atoms with van der Waals surface area (Å²) in [4.78, 5) is 44.4. The Morgan fingerprint density at radius 1 is 0.492 bits per heavy atom. The SMILES string of the molecule is Cc1cc(C)cc(-c2cc(Cl)cc(-c3cc(C)cc(C)c3)c2N2/C(=C/C=C3C(=O)c4cc5ccccc5cc4C3=O)N(c3c(C(C)C)cccc3C(C)C)c3nc4ccccc4nc32)c1. The quantitative estimate of drug-likeness (QED) is 0.117. The van der Waals surface area contributed by atoms with E-state index in [9.17, 15) is 9.59 Å². The highest BCUT2D eigenvalue weighted by atomic mass is 35.5. The van der Waals surface area contributed by atoms with E-state index >= 15 is 0 Å². The van der Waals surface area contributed by atoms with Crippen LogP contribution in [-0.4, -0.2) is 21.5 Å². The van der Waals surface area contributed by atoms with Gasteiger partial charge in [-0.1, -0.05) is 153 Å². The Morgan fingerprint density at radius 3 is 1.37 bits per heavy atom. The molecule has 6 nitrogen and oxygen atoms in total. The van der Waals surface area contributed by atoms with Gasteiger partial charge in [0.2, 0.25) is 0 Å². The number of Topliss-reactive ketones (excluding diaryl/α,β-unsaturated/α-hetero) is 2. The Labute approximate surface area is 385 Å². The average Bonchev–Trinajstić information content (AvgIpc) is 3.69. The smallest absolute Gasteiger partial charge is 0.197 e. The molecule has 0 amide bonds. The monoisotopic (exact) mass is 868 g/mol. The second-order valence-electron chi connectivity index (χ2n) is 18.2. The zero-order valence-corrected chi connectivity index (χ0v) is 38.7. The molecule has 0 atom stereocenters. The van der Waals surface area contributed by atoms with Gasteiger partial charge < -0.3 is 0 Å². The molecule has 7 aromatic carbocycles. The molecule has 320 valence electrons. The maximum atomic E-state index is 14.5. The van der Waals surface area contributed by atoms with Gasteiger partial charge in [0.1, 0.15) is 5.82 Å². The van der Waals surface area contributed by atoms with Crippen molar-refractivity contribution < 1.29 is 9.59 Å². The van der Waals surface area contributed by atoms with Crippen molar-refractivity contribution in [2.24, 2.45) is 0 Å². The van der Waals surface area contributed by atoms with Crippen molar-refractivity contribution in [3.63, 3.8) is 0 Å². The van der Waals surface area contributed by atoms with E-state index in [1.54, 1.807) is 6.08 Å². The second kappa shape index (κ2) is 16.1. The van der Waals surface area contributed by atoms with Crippen molar-refractivity contribution in [3.8, 4) is 22.3 Å². The van der Waals surface area contributed by atoms with Gasteiger partial charge in [-0.3, -0.25) is 19.4 Å². The largest absolute Gasteiger partial charge is 0.288 e. The van der Waals surface area contributed by atoms with Crippen LogP contribution in [-0.2, 0) is 0 Å². The topological polar surface area (TPSA) is 66.4 Å². The van der Waals surface area contributed by atoms with Gasteiger partial charge in [0.05, 0.1) is 28.0 Å². The van der Waals surface area contributed by atoms with Crippen molar-refractivity contribution in [2.45, 2.75) is 67.2 Å². The molecule has 2 aliphatic rings. The summed E-state index contributed by atoms with van der Waals surface area (Å²) in [5.41, 5.74) is 14.7. The second-order valence-corrected chi connectivity index (χ2v) is 18.7. The molecule has 0 radical (unpaired) electrons. The van der Waals surface area contributed by atoms with E-state index in [-0.39, 0.29) is 29.0 Å². The molecule has 0 unspecified atom stereocenters. The van der Waals surface area contributed by atoms with Gasteiger partial charge in [-0.15, -0.1) is 0 Å². The Hall–Kier alpha value is -7.15. The first kappa shape index (κ1) is 41.8. The van der Waals surface area contributed by atoms with Crippen LogP contribution in [0.15, 0.2) is 151 Å². The van der Waals surface area contributed by atoms with Crippen molar-refractivity contribution in [3.05, 3.63) is 200 Å². The van der Waals surface area contributed by atoms with Crippen molar-refractivity contribution in [1.29, 1.82) is 0 Å². The number of hydrogen-bond acceptors (Lipinski definition) is 6. The van der Waals surface area contributed by atoms with Crippen LogP contribution < -0.4 is 9.80 Å². The minimum absolute atomic E-state index is 0.103. The third-order valence-electron chi connectivity index (χ3n) is 12.6.